The van der Waals surface area contributed by atoms with Crippen molar-refractivity contribution < 1.29 is 14.3 Å². The van der Waals surface area contributed by atoms with E-state index in [0.717, 1.165) is 29.6 Å². The molecule has 4 rings (SSSR count). The van der Waals surface area contributed by atoms with Crippen molar-refractivity contribution in [1.29, 1.82) is 0 Å². The molecule has 0 aliphatic carbocycles. The van der Waals surface area contributed by atoms with Crippen molar-refractivity contribution in [2.45, 2.75) is 13.5 Å². The van der Waals surface area contributed by atoms with Crippen LogP contribution >= 0.6 is 11.6 Å². The summed E-state index contributed by atoms with van der Waals surface area (Å²) in [6.07, 6.45) is 0. The van der Waals surface area contributed by atoms with Crippen LogP contribution in [0.4, 0.5) is 0 Å². The first-order valence-electron chi connectivity index (χ1n) is 8.89. The second-order valence-electron chi connectivity index (χ2n) is 6.71. The number of aryl methyl sites for hydroxylation is 1. The normalized spacial score (nSPS) is 15.3. The van der Waals surface area contributed by atoms with E-state index in [1.807, 2.05) is 30.3 Å². The second-order valence-corrected chi connectivity index (χ2v) is 7.11. The summed E-state index contributed by atoms with van der Waals surface area (Å²) in [7, 11) is 0. The van der Waals surface area contributed by atoms with Crippen molar-refractivity contribution in [1.82, 2.24) is 4.90 Å². The topological polar surface area (TPSA) is 62.9 Å². The summed E-state index contributed by atoms with van der Waals surface area (Å²) >= 11 is 6.24. The van der Waals surface area contributed by atoms with Gasteiger partial charge >= 0.3 is 5.63 Å². The summed E-state index contributed by atoms with van der Waals surface area (Å²) in [5, 5.41) is 11.1. The van der Waals surface area contributed by atoms with Gasteiger partial charge in [0.25, 0.3) is 0 Å². The Morgan fingerprint density at radius 3 is 2.59 bits per heavy atom. The maximum absolute atomic E-state index is 12.9. The van der Waals surface area contributed by atoms with Crippen molar-refractivity contribution in [2.24, 2.45) is 0 Å². The molecule has 3 aromatic rings. The summed E-state index contributed by atoms with van der Waals surface area (Å²) in [6, 6.07) is 11.4. The van der Waals surface area contributed by atoms with Gasteiger partial charge in [-0.3, -0.25) is 4.90 Å². The van der Waals surface area contributed by atoms with Gasteiger partial charge in [-0.2, -0.15) is 0 Å². The number of aromatic hydroxyl groups is 1. The van der Waals surface area contributed by atoms with E-state index >= 15 is 0 Å². The van der Waals surface area contributed by atoms with Gasteiger partial charge in [-0.25, -0.2) is 4.79 Å². The maximum Gasteiger partial charge on any atom is 0.341 e. The lowest BCUT2D eigenvalue weighted by atomic mass is 9.95. The third-order valence-electron chi connectivity index (χ3n) is 5.00. The Balaban J connectivity index is 2.00. The third kappa shape index (κ3) is 3.34. The largest absolute Gasteiger partial charge is 0.506 e. The smallest absolute Gasteiger partial charge is 0.341 e. The van der Waals surface area contributed by atoms with Crippen LogP contribution < -0.4 is 5.63 Å². The van der Waals surface area contributed by atoms with E-state index in [1.165, 1.54) is 0 Å². The molecule has 0 unspecified atom stereocenters. The molecule has 0 amide bonds. The Morgan fingerprint density at radius 1 is 1.19 bits per heavy atom. The Bertz CT molecular complexity index is 1040. The summed E-state index contributed by atoms with van der Waals surface area (Å²) < 4.78 is 11.0. The van der Waals surface area contributed by atoms with Gasteiger partial charge in [0.2, 0.25) is 0 Å². The standard InChI is InChI=1S/C21H20ClNO4/c1-13-19(24)17(22)11-15-18(14-5-3-2-4-6-14)16(21(25)27-20(13)15)12-23-7-9-26-10-8-23/h2-6,11,24H,7-10,12H2,1H3. The Labute approximate surface area is 161 Å². The molecule has 0 atom stereocenters. The summed E-state index contributed by atoms with van der Waals surface area (Å²) in [4.78, 5) is 15.1. The van der Waals surface area contributed by atoms with Gasteiger partial charge in [0.15, 0.2) is 0 Å². The number of nitrogens with zero attached hydrogens (tertiary/aromatic N) is 1. The minimum absolute atomic E-state index is 0.0627. The zero-order chi connectivity index (χ0) is 19.0. The number of fused-ring (bicyclic) bond motifs is 1. The predicted octanol–water partition coefficient (Wildman–Crippen LogP) is 3.96. The SMILES string of the molecule is Cc1c(O)c(Cl)cc2c(-c3ccccc3)c(CN3CCOCC3)c(=O)oc12. The van der Waals surface area contributed by atoms with Crippen molar-refractivity contribution in [3.8, 4) is 16.9 Å². The summed E-state index contributed by atoms with van der Waals surface area (Å²) in [5.74, 6) is -0.0627. The van der Waals surface area contributed by atoms with Gasteiger partial charge in [-0.1, -0.05) is 41.9 Å². The van der Waals surface area contributed by atoms with Gasteiger partial charge in [0.1, 0.15) is 11.3 Å². The van der Waals surface area contributed by atoms with E-state index < -0.39 is 5.63 Å². The number of halogens is 1. The number of hydrogen-bond donors (Lipinski definition) is 1. The molecule has 5 nitrogen and oxygen atoms in total. The van der Waals surface area contributed by atoms with Crippen LogP contribution in [0.2, 0.25) is 5.02 Å². The number of benzene rings is 2. The average molecular weight is 386 g/mol. The van der Waals surface area contributed by atoms with Gasteiger partial charge < -0.3 is 14.3 Å². The quantitative estimate of drug-likeness (QED) is 0.691. The van der Waals surface area contributed by atoms with Crippen LogP contribution in [0.3, 0.4) is 0 Å². The fourth-order valence-corrected chi connectivity index (χ4v) is 3.80. The molecule has 1 fully saturated rings. The van der Waals surface area contributed by atoms with Crippen LogP contribution in [0, 0.1) is 6.92 Å². The number of phenolic OH excluding ortho intramolecular Hbond substituents is 1. The molecule has 6 heteroatoms. The first-order valence-corrected chi connectivity index (χ1v) is 9.27. The summed E-state index contributed by atoms with van der Waals surface area (Å²) in [5.41, 5.74) is 2.75. The third-order valence-corrected chi connectivity index (χ3v) is 5.29. The highest BCUT2D eigenvalue weighted by atomic mass is 35.5. The molecule has 2 heterocycles. The number of morpholine rings is 1. The highest BCUT2D eigenvalue weighted by Gasteiger charge is 2.22. The van der Waals surface area contributed by atoms with Gasteiger partial charge in [-0.15, -0.1) is 0 Å². The fourth-order valence-electron chi connectivity index (χ4n) is 3.55. The molecular formula is C21H20ClNO4. The minimum Gasteiger partial charge on any atom is -0.506 e. The molecule has 0 spiro atoms. The molecule has 0 saturated carbocycles. The number of phenols is 1. The number of ether oxygens (including phenoxy) is 1. The number of hydrogen-bond acceptors (Lipinski definition) is 5. The van der Waals surface area contributed by atoms with Crippen molar-refractivity contribution >= 4 is 22.6 Å². The van der Waals surface area contributed by atoms with E-state index in [2.05, 4.69) is 4.90 Å². The molecule has 1 aliphatic rings. The van der Waals surface area contributed by atoms with Gasteiger partial charge in [0, 0.05) is 36.1 Å². The zero-order valence-corrected chi connectivity index (χ0v) is 15.8. The molecule has 0 radical (unpaired) electrons. The van der Waals surface area contributed by atoms with Crippen LogP contribution in [0.25, 0.3) is 22.1 Å². The van der Waals surface area contributed by atoms with E-state index in [4.69, 9.17) is 20.8 Å². The molecule has 0 bridgehead atoms. The molecule has 2 aromatic carbocycles. The molecule has 1 aliphatic heterocycles. The highest BCUT2D eigenvalue weighted by Crippen LogP contribution is 2.39. The van der Waals surface area contributed by atoms with E-state index in [0.29, 0.717) is 36.5 Å². The molecule has 1 N–H and O–H groups in total. The monoisotopic (exact) mass is 385 g/mol. The minimum atomic E-state index is -0.391. The van der Waals surface area contributed by atoms with Gasteiger partial charge in [0.05, 0.1) is 23.8 Å². The Morgan fingerprint density at radius 2 is 1.89 bits per heavy atom. The van der Waals surface area contributed by atoms with E-state index in [1.54, 1.807) is 13.0 Å². The lowest BCUT2D eigenvalue weighted by molar-refractivity contribution is 0.0338. The van der Waals surface area contributed by atoms with Gasteiger partial charge in [-0.05, 0) is 18.6 Å². The highest BCUT2D eigenvalue weighted by molar-refractivity contribution is 6.33. The first-order chi connectivity index (χ1) is 13.1. The van der Waals surface area contributed by atoms with E-state index in [9.17, 15) is 9.90 Å². The lowest BCUT2D eigenvalue weighted by Crippen LogP contribution is -2.37. The van der Waals surface area contributed by atoms with E-state index in [-0.39, 0.29) is 10.8 Å². The first kappa shape index (κ1) is 18.0. The van der Waals surface area contributed by atoms with Crippen LogP contribution in [-0.2, 0) is 11.3 Å². The van der Waals surface area contributed by atoms with Crippen LogP contribution in [-0.4, -0.2) is 36.3 Å². The summed E-state index contributed by atoms with van der Waals surface area (Å²) in [6.45, 7) is 5.01. The van der Waals surface area contributed by atoms with Crippen molar-refractivity contribution in [3.05, 3.63) is 63.0 Å². The van der Waals surface area contributed by atoms with Crippen LogP contribution in [0.15, 0.2) is 45.6 Å². The molecule has 1 aromatic heterocycles. The van der Waals surface area contributed by atoms with Crippen LogP contribution in [0.1, 0.15) is 11.1 Å². The maximum atomic E-state index is 12.9. The van der Waals surface area contributed by atoms with Crippen molar-refractivity contribution in [2.75, 3.05) is 26.3 Å². The molecule has 140 valence electrons. The Hall–Kier alpha value is -2.34. The molecular weight excluding hydrogens is 366 g/mol. The van der Waals surface area contributed by atoms with Crippen LogP contribution in [0.5, 0.6) is 5.75 Å². The predicted molar refractivity (Wildman–Crippen MR) is 105 cm³/mol. The second kappa shape index (κ2) is 7.35. The Kier molecular flexibility index (Phi) is 4.91. The average Bonchev–Trinajstić information content (AvgIpc) is 2.69. The zero-order valence-electron chi connectivity index (χ0n) is 15.0. The molecule has 1 saturated heterocycles. The number of rotatable bonds is 3. The van der Waals surface area contributed by atoms with Crippen molar-refractivity contribution in [3.63, 3.8) is 0 Å². The lowest BCUT2D eigenvalue weighted by Gasteiger charge is -2.27. The molecule has 27 heavy (non-hydrogen) atoms. The fraction of sp³-hybridized carbons (Fsp3) is 0.286.